The second-order valence-corrected chi connectivity index (χ2v) is 5.41. The molecule has 3 nitrogen and oxygen atoms in total. The number of hydrogen-bond donors (Lipinski definition) is 1. The number of nitrogens with zero attached hydrogens (tertiary/aromatic N) is 2. The molecule has 1 unspecified atom stereocenters. The molecule has 96 valence electrons. The largest absolute Gasteiger partial charge is 0.384 e. The summed E-state index contributed by atoms with van der Waals surface area (Å²) in [5, 5.41) is 12.6. The van der Waals surface area contributed by atoms with Crippen LogP contribution in [-0.4, -0.2) is 14.7 Å². The highest BCUT2D eigenvalue weighted by molar-refractivity contribution is 7.13. The van der Waals surface area contributed by atoms with Crippen LogP contribution in [0.3, 0.4) is 0 Å². The molecule has 0 bridgehead atoms. The van der Waals surface area contributed by atoms with Crippen molar-refractivity contribution in [3.8, 4) is 10.4 Å². The first-order valence-corrected chi connectivity index (χ1v) is 6.91. The second-order valence-electron chi connectivity index (χ2n) is 4.46. The van der Waals surface area contributed by atoms with Crippen molar-refractivity contribution in [1.29, 1.82) is 0 Å². The standard InChI is InChI=1S/C15H14N2OS/c1-17-9-12(14-5-3-7-19-14)13(10-17)15(18)11-4-2-6-16-8-11/h2-10,15,18H,1H3. The van der Waals surface area contributed by atoms with Crippen LogP contribution < -0.4 is 0 Å². The molecule has 0 saturated carbocycles. The zero-order valence-electron chi connectivity index (χ0n) is 10.5. The molecule has 0 aliphatic heterocycles. The lowest BCUT2D eigenvalue weighted by molar-refractivity contribution is 0.220. The highest BCUT2D eigenvalue weighted by Crippen LogP contribution is 2.34. The Morgan fingerprint density at radius 3 is 2.84 bits per heavy atom. The molecule has 3 aromatic rings. The molecule has 0 aliphatic rings. The first-order valence-electron chi connectivity index (χ1n) is 6.03. The molecule has 1 N–H and O–H groups in total. The fraction of sp³-hybridized carbons (Fsp3) is 0.133. The van der Waals surface area contributed by atoms with E-state index in [0.717, 1.165) is 16.7 Å². The lowest BCUT2D eigenvalue weighted by atomic mass is 10.0. The summed E-state index contributed by atoms with van der Waals surface area (Å²) in [6.07, 6.45) is 6.78. The summed E-state index contributed by atoms with van der Waals surface area (Å²) in [7, 11) is 1.97. The predicted molar refractivity (Wildman–Crippen MR) is 77.0 cm³/mol. The SMILES string of the molecule is Cn1cc(-c2cccs2)c(C(O)c2cccnc2)c1. The van der Waals surface area contributed by atoms with Crippen molar-refractivity contribution in [3.05, 3.63) is 65.6 Å². The number of hydrogen-bond acceptors (Lipinski definition) is 3. The number of aliphatic hydroxyl groups is 1. The molecule has 0 radical (unpaired) electrons. The maximum absolute atomic E-state index is 10.5. The van der Waals surface area contributed by atoms with Crippen molar-refractivity contribution in [1.82, 2.24) is 9.55 Å². The van der Waals surface area contributed by atoms with Gasteiger partial charge in [-0.15, -0.1) is 11.3 Å². The van der Waals surface area contributed by atoms with Crippen molar-refractivity contribution in [2.24, 2.45) is 7.05 Å². The van der Waals surface area contributed by atoms with Crippen LogP contribution in [0.2, 0.25) is 0 Å². The maximum atomic E-state index is 10.5. The van der Waals surface area contributed by atoms with E-state index in [2.05, 4.69) is 11.1 Å². The van der Waals surface area contributed by atoms with Gasteiger partial charge in [-0.05, 0) is 17.5 Å². The molecular weight excluding hydrogens is 256 g/mol. The zero-order chi connectivity index (χ0) is 13.2. The minimum atomic E-state index is -0.646. The smallest absolute Gasteiger partial charge is 0.108 e. The van der Waals surface area contributed by atoms with Gasteiger partial charge in [0.25, 0.3) is 0 Å². The van der Waals surface area contributed by atoms with Gasteiger partial charge in [0.1, 0.15) is 6.10 Å². The average Bonchev–Trinajstić information content (AvgIpc) is 3.07. The summed E-state index contributed by atoms with van der Waals surface area (Å²) < 4.78 is 1.98. The Bertz CT molecular complexity index is 659. The number of rotatable bonds is 3. The normalized spacial score (nSPS) is 12.5. The second kappa shape index (κ2) is 4.99. The van der Waals surface area contributed by atoms with Gasteiger partial charge < -0.3 is 9.67 Å². The molecule has 3 rings (SSSR count). The van der Waals surface area contributed by atoms with E-state index in [4.69, 9.17) is 0 Å². The molecule has 1 atom stereocenters. The Balaban J connectivity index is 2.06. The molecule has 4 heteroatoms. The minimum absolute atomic E-state index is 0.646. The molecule has 19 heavy (non-hydrogen) atoms. The third-order valence-corrected chi connectivity index (χ3v) is 3.97. The fourth-order valence-electron chi connectivity index (χ4n) is 2.18. The van der Waals surface area contributed by atoms with Crippen molar-refractivity contribution >= 4 is 11.3 Å². The monoisotopic (exact) mass is 270 g/mol. The Labute approximate surface area is 115 Å². The van der Waals surface area contributed by atoms with E-state index in [1.165, 1.54) is 4.88 Å². The van der Waals surface area contributed by atoms with Crippen LogP contribution in [-0.2, 0) is 7.05 Å². The highest BCUT2D eigenvalue weighted by atomic mass is 32.1. The Kier molecular flexibility index (Phi) is 3.19. The van der Waals surface area contributed by atoms with Gasteiger partial charge in [-0.2, -0.15) is 0 Å². The molecule has 3 aromatic heterocycles. The molecule has 0 saturated heterocycles. The van der Waals surface area contributed by atoms with Crippen LogP contribution in [0.1, 0.15) is 17.2 Å². The Hall–Kier alpha value is -1.91. The average molecular weight is 270 g/mol. The van der Waals surface area contributed by atoms with Gasteiger partial charge in [0.05, 0.1) is 0 Å². The van der Waals surface area contributed by atoms with Crippen LogP contribution in [0, 0.1) is 0 Å². The number of aryl methyl sites for hydroxylation is 1. The third-order valence-electron chi connectivity index (χ3n) is 3.07. The van der Waals surface area contributed by atoms with Gasteiger partial charge in [0.15, 0.2) is 0 Å². The van der Waals surface area contributed by atoms with Crippen molar-refractivity contribution in [3.63, 3.8) is 0 Å². The Morgan fingerprint density at radius 1 is 1.26 bits per heavy atom. The summed E-state index contributed by atoms with van der Waals surface area (Å²) >= 11 is 1.68. The van der Waals surface area contributed by atoms with E-state index < -0.39 is 6.10 Å². The number of pyridine rings is 1. The zero-order valence-corrected chi connectivity index (χ0v) is 11.3. The van der Waals surface area contributed by atoms with E-state index in [0.29, 0.717) is 0 Å². The quantitative estimate of drug-likeness (QED) is 0.793. The molecule has 0 amide bonds. The lowest BCUT2D eigenvalue weighted by Gasteiger charge is -2.11. The van der Waals surface area contributed by atoms with Gasteiger partial charge in [0.2, 0.25) is 0 Å². The molecule has 3 heterocycles. The maximum Gasteiger partial charge on any atom is 0.108 e. The van der Waals surface area contributed by atoms with Gasteiger partial charge in [-0.3, -0.25) is 4.98 Å². The Morgan fingerprint density at radius 2 is 2.16 bits per heavy atom. The van der Waals surface area contributed by atoms with E-state index >= 15 is 0 Å². The number of thiophene rings is 1. The lowest BCUT2D eigenvalue weighted by Crippen LogP contribution is -2.00. The van der Waals surface area contributed by atoms with Crippen LogP contribution in [0.5, 0.6) is 0 Å². The van der Waals surface area contributed by atoms with Crippen LogP contribution >= 0.6 is 11.3 Å². The van der Waals surface area contributed by atoms with Crippen LogP contribution in [0.15, 0.2) is 54.4 Å². The predicted octanol–water partition coefficient (Wildman–Crippen LogP) is 3.23. The van der Waals surface area contributed by atoms with E-state index in [1.54, 1.807) is 23.7 Å². The molecule has 0 aromatic carbocycles. The number of aliphatic hydroxyl groups excluding tert-OH is 1. The van der Waals surface area contributed by atoms with Gasteiger partial charge >= 0.3 is 0 Å². The van der Waals surface area contributed by atoms with Gasteiger partial charge in [-0.1, -0.05) is 12.1 Å². The van der Waals surface area contributed by atoms with Crippen molar-refractivity contribution in [2.45, 2.75) is 6.10 Å². The molecule has 0 aliphatic carbocycles. The summed E-state index contributed by atoms with van der Waals surface area (Å²) in [6, 6.07) is 7.82. The van der Waals surface area contributed by atoms with Crippen molar-refractivity contribution in [2.75, 3.05) is 0 Å². The number of aromatic nitrogens is 2. The van der Waals surface area contributed by atoms with Crippen LogP contribution in [0.4, 0.5) is 0 Å². The molecule has 0 spiro atoms. The fourth-order valence-corrected chi connectivity index (χ4v) is 2.94. The topological polar surface area (TPSA) is 38.0 Å². The first kappa shape index (κ1) is 12.1. The summed E-state index contributed by atoms with van der Waals surface area (Å²) in [4.78, 5) is 5.23. The van der Waals surface area contributed by atoms with Gasteiger partial charge in [-0.25, -0.2) is 0 Å². The summed E-state index contributed by atoms with van der Waals surface area (Å²) in [6.45, 7) is 0. The van der Waals surface area contributed by atoms with Gasteiger partial charge in [0, 0.05) is 53.4 Å². The molecular formula is C15H14N2OS. The van der Waals surface area contributed by atoms with E-state index in [-0.39, 0.29) is 0 Å². The first-order chi connectivity index (χ1) is 9.25. The van der Waals surface area contributed by atoms with Crippen molar-refractivity contribution < 1.29 is 5.11 Å². The summed E-state index contributed by atoms with van der Waals surface area (Å²) in [5.74, 6) is 0. The third kappa shape index (κ3) is 2.32. The van der Waals surface area contributed by atoms with E-state index in [9.17, 15) is 5.11 Å². The summed E-state index contributed by atoms with van der Waals surface area (Å²) in [5.41, 5.74) is 2.80. The minimum Gasteiger partial charge on any atom is -0.384 e. The molecule has 0 fully saturated rings. The van der Waals surface area contributed by atoms with Crippen LogP contribution in [0.25, 0.3) is 10.4 Å². The highest BCUT2D eigenvalue weighted by Gasteiger charge is 2.18. The van der Waals surface area contributed by atoms with E-state index in [1.807, 2.05) is 47.6 Å².